The minimum atomic E-state index is -0.179. The van der Waals surface area contributed by atoms with E-state index in [1.54, 1.807) is 16.1 Å². The van der Waals surface area contributed by atoms with Crippen molar-refractivity contribution in [1.82, 2.24) is 14.7 Å². The third-order valence-electron chi connectivity index (χ3n) is 2.59. The molecule has 0 spiro atoms. The predicted octanol–water partition coefficient (Wildman–Crippen LogP) is 3.04. The fraction of sp³-hybridized carbons (Fsp3) is 0.333. The molecule has 0 N–H and O–H groups in total. The van der Waals surface area contributed by atoms with Crippen LogP contribution in [0.1, 0.15) is 15.4 Å². The fourth-order valence-electron chi connectivity index (χ4n) is 1.62. The molecule has 0 aromatic carbocycles. The first-order chi connectivity index (χ1) is 9.00. The third kappa shape index (κ3) is 3.17. The molecule has 0 radical (unpaired) electrons. The molecule has 4 nitrogen and oxygen atoms in total. The molecule has 0 amide bonds. The summed E-state index contributed by atoms with van der Waals surface area (Å²) in [4.78, 5) is 15.0. The maximum atomic E-state index is 12.4. The van der Waals surface area contributed by atoms with Gasteiger partial charge in [0.05, 0.1) is 27.7 Å². The van der Waals surface area contributed by atoms with Gasteiger partial charge in [0, 0.05) is 6.54 Å². The Morgan fingerprint density at radius 2 is 2.16 bits per heavy atom. The molecule has 0 bridgehead atoms. The first-order valence-corrected chi connectivity index (χ1v) is 7.28. The zero-order chi connectivity index (χ0) is 14.0. The average molecular weight is 318 g/mol. The van der Waals surface area contributed by atoms with Crippen LogP contribution in [0.3, 0.4) is 0 Å². The van der Waals surface area contributed by atoms with Crippen molar-refractivity contribution in [2.24, 2.45) is 0 Å². The third-order valence-corrected chi connectivity index (χ3v) is 4.21. The van der Waals surface area contributed by atoms with Crippen LogP contribution < -0.4 is 0 Å². The Balaban J connectivity index is 2.31. The van der Waals surface area contributed by atoms with E-state index in [-0.39, 0.29) is 5.78 Å². The smallest absolute Gasteiger partial charge is 0.223 e. The van der Waals surface area contributed by atoms with Crippen LogP contribution in [0.2, 0.25) is 10.0 Å². The van der Waals surface area contributed by atoms with Crippen LogP contribution in [-0.2, 0) is 6.54 Å². The summed E-state index contributed by atoms with van der Waals surface area (Å²) in [6.07, 6.45) is 1.49. The van der Waals surface area contributed by atoms with Gasteiger partial charge in [-0.15, -0.1) is 11.3 Å². The molecule has 102 valence electrons. The molecule has 0 aliphatic carbocycles. The Morgan fingerprint density at radius 3 is 2.74 bits per heavy atom. The van der Waals surface area contributed by atoms with Gasteiger partial charge < -0.3 is 4.90 Å². The van der Waals surface area contributed by atoms with Gasteiger partial charge in [0.2, 0.25) is 5.78 Å². The number of hydrogen-bond acceptors (Lipinski definition) is 4. The van der Waals surface area contributed by atoms with Crippen LogP contribution in [-0.4, -0.2) is 41.1 Å². The second-order valence-electron chi connectivity index (χ2n) is 4.29. The fourth-order valence-corrected chi connectivity index (χ4v) is 2.92. The van der Waals surface area contributed by atoms with Crippen LogP contribution in [0.25, 0.3) is 0 Å². The first-order valence-electron chi connectivity index (χ1n) is 5.64. The Hall–Kier alpha value is -0.880. The van der Waals surface area contributed by atoms with Crippen LogP contribution in [0.5, 0.6) is 0 Å². The highest BCUT2D eigenvalue weighted by molar-refractivity contribution is 7.13. The molecule has 2 rings (SSSR count). The Labute approximate surface area is 125 Å². The van der Waals surface area contributed by atoms with Gasteiger partial charge in [-0.2, -0.15) is 5.10 Å². The summed E-state index contributed by atoms with van der Waals surface area (Å²) >= 11 is 13.4. The Bertz CT molecular complexity index is 592. The predicted molar refractivity (Wildman–Crippen MR) is 78.6 cm³/mol. The van der Waals surface area contributed by atoms with Gasteiger partial charge in [-0.3, -0.25) is 9.48 Å². The highest BCUT2D eigenvalue weighted by Gasteiger charge is 2.22. The molecule has 0 unspecified atom stereocenters. The van der Waals surface area contributed by atoms with Crippen molar-refractivity contribution in [1.29, 1.82) is 0 Å². The normalized spacial score (nSPS) is 11.2. The summed E-state index contributed by atoms with van der Waals surface area (Å²) in [5, 5.41) is 6.73. The van der Waals surface area contributed by atoms with E-state index in [0.717, 1.165) is 6.54 Å². The van der Waals surface area contributed by atoms with Crippen LogP contribution >= 0.6 is 34.5 Å². The lowest BCUT2D eigenvalue weighted by molar-refractivity contribution is 0.103. The molecule has 7 heteroatoms. The lowest BCUT2D eigenvalue weighted by Crippen LogP contribution is -2.21. The summed E-state index contributed by atoms with van der Waals surface area (Å²) < 4.78 is 1.63. The lowest BCUT2D eigenvalue weighted by atomic mass is 10.2. The standard InChI is InChI=1S/C12H13Cl2N3OS/c1-16(2)4-5-17-10(9(14)7-15-17)11(18)12-8(13)3-6-19-12/h3,6-7H,4-5H2,1-2H3. The highest BCUT2D eigenvalue weighted by atomic mass is 35.5. The summed E-state index contributed by atoms with van der Waals surface area (Å²) in [5.41, 5.74) is 0.396. The maximum Gasteiger partial charge on any atom is 0.223 e. The number of rotatable bonds is 5. The van der Waals surface area contributed by atoms with E-state index in [1.165, 1.54) is 17.5 Å². The van der Waals surface area contributed by atoms with Gasteiger partial charge in [0.1, 0.15) is 5.69 Å². The van der Waals surface area contributed by atoms with Gasteiger partial charge in [-0.1, -0.05) is 23.2 Å². The zero-order valence-electron chi connectivity index (χ0n) is 10.6. The van der Waals surface area contributed by atoms with Crippen LogP contribution in [0.15, 0.2) is 17.6 Å². The summed E-state index contributed by atoms with van der Waals surface area (Å²) in [7, 11) is 3.92. The number of thiophene rings is 1. The molecule has 0 saturated heterocycles. The van der Waals surface area contributed by atoms with Crippen LogP contribution in [0, 0.1) is 0 Å². The van der Waals surface area contributed by atoms with Crippen molar-refractivity contribution >= 4 is 40.3 Å². The SMILES string of the molecule is CN(C)CCn1ncc(Cl)c1C(=O)c1sccc1Cl. The maximum absolute atomic E-state index is 12.4. The van der Waals surface area contributed by atoms with E-state index in [1.807, 2.05) is 19.0 Å². The van der Waals surface area contributed by atoms with E-state index in [4.69, 9.17) is 23.2 Å². The van der Waals surface area contributed by atoms with Crippen molar-refractivity contribution in [3.63, 3.8) is 0 Å². The van der Waals surface area contributed by atoms with E-state index in [9.17, 15) is 4.79 Å². The summed E-state index contributed by atoms with van der Waals surface area (Å²) in [6, 6.07) is 1.70. The molecular formula is C12H13Cl2N3OS. The van der Waals surface area contributed by atoms with Crippen molar-refractivity contribution in [2.75, 3.05) is 20.6 Å². The molecule has 0 saturated carbocycles. The second-order valence-corrected chi connectivity index (χ2v) is 6.02. The van der Waals surface area contributed by atoms with Crippen LogP contribution in [0.4, 0.5) is 0 Å². The largest absolute Gasteiger partial charge is 0.308 e. The molecule has 0 fully saturated rings. The molecular weight excluding hydrogens is 305 g/mol. The first kappa shape index (κ1) is 14.5. The van der Waals surface area contributed by atoms with Crippen molar-refractivity contribution in [3.05, 3.63) is 38.3 Å². The number of carbonyl (C=O) groups is 1. The minimum absolute atomic E-state index is 0.179. The van der Waals surface area contributed by atoms with E-state index >= 15 is 0 Å². The number of ketones is 1. The molecule has 0 aliphatic heterocycles. The highest BCUT2D eigenvalue weighted by Crippen LogP contribution is 2.27. The van der Waals surface area contributed by atoms with E-state index in [2.05, 4.69) is 5.10 Å². The number of nitrogens with zero attached hydrogens (tertiary/aromatic N) is 3. The number of halogens is 2. The van der Waals surface area contributed by atoms with E-state index < -0.39 is 0 Å². The molecule has 2 aromatic rings. The van der Waals surface area contributed by atoms with Gasteiger partial charge in [-0.25, -0.2) is 0 Å². The van der Waals surface area contributed by atoms with Gasteiger partial charge in [-0.05, 0) is 25.5 Å². The molecule has 2 aromatic heterocycles. The average Bonchev–Trinajstić information content (AvgIpc) is 2.92. The summed E-state index contributed by atoms with van der Waals surface area (Å²) in [6.45, 7) is 1.38. The lowest BCUT2D eigenvalue weighted by Gasteiger charge is -2.11. The monoisotopic (exact) mass is 317 g/mol. The second kappa shape index (κ2) is 6.05. The molecule has 0 atom stereocenters. The molecule has 0 aliphatic rings. The van der Waals surface area contributed by atoms with Gasteiger partial charge >= 0.3 is 0 Å². The van der Waals surface area contributed by atoms with Gasteiger partial charge in [0.15, 0.2) is 0 Å². The van der Waals surface area contributed by atoms with Crippen molar-refractivity contribution < 1.29 is 4.79 Å². The zero-order valence-corrected chi connectivity index (χ0v) is 12.9. The minimum Gasteiger partial charge on any atom is -0.308 e. The van der Waals surface area contributed by atoms with Crippen molar-refractivity contribution in [3.8, 4) is 0 Å². The van der Waals surface area contributed by atoms with E-state index in [0.29, 0.717) is 27.2 Å². The Kier molecular flexibility index (Phi) is 4.62. The quantitative estimate of drug-likeness (QED) is 0.795. The topological polar surface area (TPSA) is 38.1 Å². The van der Waals surface area contributed by atoms with Gasteiger partial charge in [0.25, 0.3) is 0 Å². The number of likely N-dealkylation sites (N-methyl/N-ethyl adjacent to an activating group) is 1. The summed E-state index contributed by atoms with van der Waals surface area (Å²) in [5.74, 6) is -0.179. The van der Waals surface area contributed by atoms with Crippen molar-refractivity contribution in [2.45, 2.75) is 6.54 Å². The number of hydrogen-bond donors (Lipinski definition) is 0. The molecule has 2 heterocycles. The molecule has 19 heavy (non-hydrogen) atoms. The number of carbonyl (C=O) groups excluding carboxylic acids is 1. The number of aromatic nitrogens is 2. The Morgan fingerprint density at radius 1 is 1.42 bits per heavy atom.